The van der Waals surface area contributed by atoms with Crippen LogP contribution in [0, 0.1) is 0 Å². The van der Waals surface area contributed by atoms with Crippen molar-refractivity contribution in [3.05, 3.63) is 42.0 Å². The number of benzene rings is 1. The van der Waals surface area contributed by atoms with Gasteiger partial charge in [0.2, 0.25) is 0 Å². The van der Waals surface area contributed by atoms with Gasteiger partial charge >= 0.3 is 5.97 Å². The number of carbonyl (C=O) groups excluding carboxylic acids is 1. The van der Waals surface area contributed by atoms with Gasteiger partial charge in [0.05, 0.1) is 27.9 Å². The van der Waals surface area contributed by atoms with Crippen LogP contribution in [0.5, 0.6) is 11.5 Å². The number of ether oxygens (including phenoxy) is 3. The third kappa shape index (κ3) is 7.30. The van der Waals surface area contributed by atoms with Crippen LogP contribution in [0.25, 0.3) is 5.70 Å². The maximum atomic E-state index is 11.7. The fraction of sp³-hybridized carbons (Fsp3) is 0.421. The molecule has 0 amide bonds. The predicted molar refractivity (Wildman–Crippen MR) is 97.6 cm³/mol. The molecular weight excluding hydrogens is 322 g/mol. The first-order chi connectivity index (χ1) is 12.2. The fourth-order valence-corrected chi connectivity index (χ4v) is 2.22. The fourth-order valence-electron chi connectivity index (χ4n) is 2.22. The second kappa shape index (κ2) is 12.0. The molecule has 0 saturated heterocycles. The van der Waals surface area contributed by atoms with Crippen LogP contribution in [0.3, 0.4) is 0 Å². The number of aliphatic hydroxyl groups excluding tert-OH is 1. The van der Waals surface area contributed by atoms with Crippen LogP contribution in [-0.2, 0) is 9.53 Å². The van der Waals surface area contributed by atoms with Gasteiger partial charge in [-0.15, -0.1) is 0 Å². The van der Waals surface area contributed by atoms with Gasteiger partial charge in [-0.25, -0.2) is 4.79 Å². The lowest BCUT2D eigenvalue weighted by atomic mass is 10.1. The van der Waals surface area contributed by atoms with E-state index < -0.39 is 5.97 Å². The average Bonchev–Trinajstić information content (AvgIpc) is 2.65. The van der Waals surface area contributed by atoms with Gasteiger partial charge in [0.15, 0.2) is 11.5 Å². The minimum Gasteiger partial charge on any atom is -0.493 e. The highest BCUT2D eigenvalue weighted by Gasteiger charge is 2.10. The third-order valence-corrected chi connectivity index (χ3v) is 3.54. The van der Waals surface area contributed by atoms with Gasteiger partial charge in [-0.1, -0.05) is 12.2 Å². The van der Waals surface area contributed by atoms with Gasteiger partial charge in [0.1, 0.15) is 0 Å². The summed E-state index contributed by atoms with van der Waals surface area (Å²) < 4.78 is 15.3. The number of nitrogens with one attached hydrogen (secondary N) is 1. The number of aliphatic hydroxyl groups is 1. The van der Waals surface area contributed by atoms with Crippen LogP contribution in [0.4, 0.5) is 0 Å². The lowest BCUT2D eigenvalue weighted by molar-refractivity contribution is -0.134. The Hall–Kier alpha value is -2.47. The Balaban J connectivity index is 2.79. The van der Waals surface area contributed by atoms with Crippen molar-refractivity contribution >= 4 is 11.7 Å². The Labute approximate surface area is 149 Å². The van der Waals surface area contributed by atoms with Crippen LogP contribution >= 0.6 is 0 Å². The van der Waals surface area contributed by atoms with E-state index in [0.717, 1.165) is 24.8 Å². The number of rotatable bonds is 11. The molecule has 1 aromatic rings. The molecule has 0 unspecified atom stereocenters. The van der Waals surface area contributed by atoms with Crippen molar-refractivity contribution < 1.29 is 24.1 Å². The second-order valence-electron chi connectivity index (χ2n) is 5.23. The molecule has 1 rings (SSSR count). The van der Waals surface area contributed by atoms with Gasteiger partial charge in [0, 0.05) is 23.9 Å². The summed E-state index contributed by atoms with van der Waals surface area (Å²) >= 11 is 0. The van der Waals surface area contributed by atoms with Crippen molar-refractivity contribution in [1.82, 2.24) is 5.32 Å². The molecule has 25 heavy (non-hydrogen) atoms. The molecule has 0 radical (unpaired) electrons. The molecule has 138 valence electrons. The summed E-state index contributed by atoms with van der Waals surface area (Å²) in [4.78, 5) is 11.7. The van der Waals surface area contributed by atoms with E-state index in [0.29, 0.717) is 23.7 Å². The van der Waals surface area contributed by atoms with Gasteiger partial charge in [-0.2, -0.15) is 0 Å². The molecule has 0 saturated carbocycles. The normalized spacial score (nSPS) is 11.4. The zero-order valence-corrected chi connectivity index (χ0v) is 15.1. The standard InChI is InChI=1S/C19H27NO5/c1-23-17-10-9-15(13-18(17)24-2)16(14-19(22)25-3)20-11-7-5-4-6-8-12-21/h6,8-10,13-14,20-21H,4-5,7,11-12H2,1-3H3/b8-6-,16-14-. The molecule has 0 spiro atoms. The predicted octanol–water partition coefficient (Wildman–Crippen LogP) is 2.53. The average molecular weight is 349 g/mol. The smallest absolute Gasteiger partial charge is 0.332 e. The van der Waals surface area contributed by atoms with Crippen LogP contribution in [0.2, 0.25) is 0 Å². The number of carbonyl (C=O) groups is 1. The second-order valence-corrected chi connectivity index (χ2v) is 5.23. The molecule has 2 N–H and O–H groups in total. The Morgan fingerprint density at radius 1 is 1.12 bits per heavy atom. The van der Waals surface area contributed by atoms with Crippen molar-refractivity contribution in [3.8, 4) is 11.5 Å². The van der Waals surface area contributed by atoms with E-state index >= 15 is 0 Å². The number of methoxy groups -OCH3 is 3. The summed E-state index contributed by atoms with van der Waals surface area (Å²) in [5.41, 5.74) is 1.47. The largest absolute Gasteiger partial charge is 0.493 e. The summed E-state index contributed by atoms with van der Waals surface area (Å²) in [5, 5.41) is 12.0. The number of esters is 1. The molecule has 0 heterocycles. The van der Waals surface area contributed by atoms with E-state index in [2.05, 4.69) is 5.32 Å². The first kappa shape index (κ1) is 20.6. The van der Waals surface area contributed by atoms with Crippen LogP contribution in [-0.4, -0.2) is 45.6 Å². The first-order valence-corrected chi connectivity index (χ1v) is 8.18. The highest BCUT2D eigenvalue weighted by molar-refractivity contribution is 5.91. The quantitative estimate of drug-likeness (QED) is 0.277. The SMILES string of the molecule is COC(=O)/C=C(\NCCCC/C=C\CO)c1ccc(OC)c(OC)c1. The molecule has 0 bridgehead atoms. The molecule has 0 aliphatic rings. The van der Waals surface area contributed by atoms with Crippen molar-refractivity contribution in [1.29, 1.82) is 0 Å². The first-order valence-electron chi connectivity index (χ1n) is 8.18. The molecular formula is C19H27NO5. The highest BCUT2D eigenvalue weighted by Crippen LogP contribution is 2.29. The molecule has 0 aliphatic carbocycles. The molecule has 6 nitrogen and oxygen atoms in total. The summed E-state index contributed by atoms with van der Waals surface area (Å²) in [6, 6.07) is 5.46. The minimum atomic E-state index is -0.428. The van der Waals surface area contributed by atoms with Crippen LogP contribution < -0.4 is 14.8 Å². The Morgan fingerprint density at radius 2 is 1.88 bits per heavy atom. The Kier molecular flexibility index (Phi) is 9.85. The van der Waals surface area contributed by atoms with E-state index in [1.807, 2.05) is 18.2 Å². The highest BCUT2D eigenvalue weighted by atomic mass is 16.5. The summed E-state index contributed by atoms with van der Waals surface area (Å²) in [5.74, 6) is 0.786. The van der Waals surface area contributed by atoms with E-state index in [1.54, 1.807) is 26.4 Å². The summed E-state index contributed by atoms with van der Waals surface area (Å²) in [7, 11) is 4.49. The van der Waals surface area contributed by atoms with Crippen molar-refractivity contribution in [2.24, 2.45) is 0 Å². The molecule has 1 aromatic carbocycles. The topological polar surface area (TPSA) is 77.0 Å². The van der Waals surface area contributed by atoms with E-state index in [4.69, 9.17) is 19.3 Å². The zero-order valence-electron chi connectivity index (χ0n) is 15.1. The van der Waals surface area contributed by atoms with E-state index in [-0.39, 0.29) is 6.61 Å². The third-order valence-electron chi connectivity index (χ3n) is 3.54. The molecule has 6 heteroatoms. The molecule has 0 fully saturated rings. The van der Waals surface area contributed by atoms with Crippen molar-refractivity contribution in [2.75, 3.05) is 34.5 Å². The van der Waals surface area contributed by atoms with Gasteiger partial charge < -0.3 is 24.6 Å². The Morgan fingerprint density at radius 3 is 2.52 bits per heavy atom. The van der Waals surface area contributed by atoms with Crippen LogP contribution in [0.15, 0.2) is 36.4 Å². The minimum absolute atomic E-state index is 0.0730. The number of hydrogen-bond donors (Lipinski definition) is 2. The van der Waals surface area contributed by atoms with Crippen LogP contribution in [0.1, 0.15) is 24.8 Å². The number of hydrogen-bond acceptors (Lipinski definition) is 6. The zero-order chi connectivity index (χ0) is 18.5. The monoisotopic (exact) mass is 349 g/mol. The van der Waals surface area contributed by atoms with Crippen molar-refractivity contribution in [2.45, 2.75) is 19.3 Å². The van der Waals surface area contributed by atoms with E-state index in [1.165, 1.54) is 13.2 Å². The van der Waals surface area contributed by atoms with Gasteiger partial charge in [-0.3, -0.25) is 0 Å². The number of allylic oxidation sites excluding steroid dienone is 1. The van der Waals surface area contributed by atoms with Crippen molar-refractivity contribution in [3.63, 3.8) is 0 Å². The maximum absolute atomic E-state index is 11.7. The molecule has 0 aliphatic heterocycles. The van der Waals surface area contributed by atoms with Gasteiger partial charge in [0.25, 0.3) is 0 Å². The molecule has 0 aromatic heterocycles. The summed E-state index contributed by atoms with van der Waals surface area (Å²) in [6.07, 6.45) is 7.95. The lowest BCUT2D eigenvalue weighted by Gasteiger charge is -2.14. The van der Waals surface area contributed by atoms with E-state index in [9.17, 15) is 4.79 Å². The Bertz CT molecular complexity index is 595. The lowest BCUT2D eigenvalue weighted by Crippen LogP contribution is -2.15. The maximum Gasteiger partial charge on any atom is 0.332 e. The molecule has 0 atom stereocenters. The van der Waals surface area contributed by atoms with Gasteiger partial charge in [-0.05, 0) is 37.5 Å². The number of unbranched alkanes of at least 4 members (excludes halogenated alkanes) is 2. The summed E-state index contributed by atoms with van der Waals surface area (Å²) in [6.45, 7) is 0.785.